The molecule has 0 unspecified atom stereocenters. The van der Waals surface area contributed by atoms with Crippen LogP contribution in [0.15, 0.2) is 24.3 Å². The smallest absolute Gasteiger partial charge is 0.326 e. The van der Waals surface area contributed by atoms with Gasteiger partial charge >= 0.3 is 5.97 Å². The number of carbonyl (C=O) groups is 4. The highest BCUT2D eigenvalue weighted by molar-refractivity contribution is 5.99. The Kier molecular flexibility index (Phi) is 7.58. The molecule has 0 saturated heterocycles. The van der Waals surface area contributed by atoms with Crippen LogP contribution in [0.2, 0.25) is 0 Å². The second kappa shape index (κ2) is 9.90. The van der Waals surface area contributed by atoms with Crippen molar-refractivity contribution in [2.45, 2.75) is 38.8 Å². The lowest BCUT2D eigenvalue weighted by Gasteiger charge is -2.24. The molecule has 0 saturated carbocycles. The van der Waals surface area contributed by atoms with E-state index in [-0.39, 0.29) is 61.1 Å². The predicted octanol–water partition coefficient (Wildman–Crippen LogP) is 0.641. The molecule has 29 heavy (non-hydrogen) atoms. The molecule has 0 fully saturated rings. The highest BCUT2D eigenvalue weighted by Gasteiger charge is 2.26. The number of para-hydroxylation sites is 1. The summed E-state index contributed by atoms with van der Waals surface area (Å²) in [5, 5.41) is 14.7. The minimum absolute atomic E-state index is 0.0491. The fraction of sp³-hybridized carbons (Fsp3) is 0.500. The Hall–Kier alpha value is -3.10. The molecule has 0 aromatic heterocycles. The number of nitrogens with one attached hydrogen (secondary N) is 2. The summed E-state index contributed by atoms with van der Waals surface area (Å²) in [5.74, 6) is -2.23. The first-order chi connectivity index (χ1) is 13.7. The fourth-order valence-electron chi connectivity index (χ4n) is 2.87. The molecule has 9 heteroatoms. The first kappa shape index (κ1) is 22.2. The van der Waals surface area contributed by atoms with Crippen LogP contribution in [-0.4, -0.2) is 66.0 Å². The monoisotopic (exact) mass is 405 g/mol. The standard InChI is InChI=1S/C20H27N3O6/c1-12(2)15-11-29-16-7-5-4-6-13(16)19(26)22-14(20(27)28)8-9-18(25)23(3)10-17(24)21-15/h4-7,12,14-15H,8-11H2,1-3H3,(H,21,24)(H,22,26)(H,27,28)/t14-,15+/m0/s1. The van der Waals surface area contributed by atoms with E-state index >= 15 is 0 Å². The molecule has 1 aromatic rings. The third-order valence-corrected chi connectivity index (χ3v) is 4.76. The second-order valence-electron chi connectivity index (χ2n) is 7.38. The van der Waals surface area contributed by atoms with Crippen LogP contribution in [0.5, 0.6) is 5.75 Å². The fourth-order valence-corrected chi connectivity index (χ4v) is 2.87. The van der Waals surface area contributed by atoms with Gasteiger partial charge in [-0.25, -0.2) is 4.79 Å². The van der Waals surface area contributed by atoms with E-state index in [9.17, 15) is 24.3 Å². The van der Waals surface area contributed by atoms with Gasteiger partial charge in [-0.3, -0.25) is 14.4 Å². The van der Waals surface area contributed by atoms with Crippen LogP contribution in [0.25, 0.3) is 0 Å². The Balaban J connectivity index is 2.34. The average Bonchev–Trinajstić information content (AvgIpc) is 2.67. The summed E-state index contributed by atoms with van der Waals surface area (Å²) < 4.78 is 5.80. The maximum atomic E-state index is 12.7. The van der Waals surface area contributed by atoms with Gasteiger partial charge in [-0.2, -0.15) is 0 Å². The van der Waals surface area contributed by atoms with Gasteiger partial charge in [0.25, 0.3) is 5.91 Å². The minimum Gasteiger partial charge on any atom is -0.491 e. The van der Waals surface area contributed by atoms with Crippen molar-refractivity contribution < 1.29 is 29.0 Å². The summed E-state index contributed by atoms with van der Waals surface area (Å²) in [6.45, 7) is 3.82. The van der Waals surface area contributed by atoms with Crippen LogP contribution >= 0.6 is 0 Å². The number of benzene rings is 1. The number of nitrogens with zero attached hydrogens (tertiary/aromatic N) is 1. The zero-order chi connectivity index (χ0) is 21.6. The lowest BCUT2D eigenvalue weighted by molar-refractivity contribution is -0.140. The molecule has 1 heterocycles. The van der Waals surface area contributed by atoms with Crippen molar-refractivity contribution in [1.29, 1.82) is 0 Å². The zero-order valence-electron chi connectivity index (χ0n) is 16.8. The van der Waals surface area contributed by atoms with Crippen LogP contribution in [0.1, 0.15) is 37.0 Å². The molecule has 2 rings (SSSR count). The molecule has 0 aliphatic carbocycles. The van der Waals surface area contributed by atoms with Gasteiger partial charge in [0.2, 0.25) is 11.8 Å². The summed E-state index contributed by atoms with van der Waals surface area (Å²) in [6.07, 6.45) is -0.212. The van der Waals surface area contributed by atoms with Crippen LogP contribution < -0.4 is 15.4 Å². The largest absolute Gasteiger partial charge is 0.491 e. The van der Waals surface area contributed by atoms with Crippen molar-refractivity contribution in [3.05, 3.63) is 29.8 Å². The summed E-state index contributed by atoms with van der Waals surface area (Å²) >= 11 is 0. The Labute approximate surface area is 169 Å². The highest BCUT2D eigenvalue weighted by Crippen LogP contribution is 2.19. The molecular weight excluding hydrogens is 378 g/mol. The van der Waals surface area contributed by atoms with Crippen molar-refractivity contribution in [3.63, 3.8) is 0 Å². The number of hydrogen-bond donors (Lipinski definition) is 3. The highest BCUT2D eigenvalue weighted by atomic mass is 16.5. The Morgan fingerprint density at radius 1 is 1.21 bits per heavy atom. The maximum Gasteiger partial charge on any atom is 0.326 e. The molecule has 3 amide bonds. The number of fused-ring (bicyclic) bond motifs is 1. The average molecular weight is 405 g/mol. The van der Waals surface area contributed by atoms with Crippen LogP contribution in [-0.2, 0) is 14.4 Å². The molecule has 0 bridgehead atoms. The molecule has 1 aromatic carbocycles. The van der Waals surface area contributed by atoms with E-state index in [0.29, 0.717) is 0 Å². The summed E-state index contributed by atoms with van der Waals surface area (Å²) in [7, 11) is 1.48. The van der Waals surface area contributed by atoms with E-state index in [0.717, 1.165) is 0 Å². The minimum atomic E-state index is -1.24. The first-order valence-electron chi connectivity index (χ1n) is 9.47. The molecule has 158 valence electrons. The molecule has 1 aliphatic rings. The van der Waals surface area contributed by atoms with Gasteiger partial charge in [-0.15, -0.1) is 0 Å². The molecular formula is C20H27N3O6. The van der Waals surface area contributed by atoms with Crippen molar-refractivity contribution in [3.8, 4) is 5.75 Å². The van der Waals surface area contributed by atoms with E-state index in [2.05, 4.69) is 10.6 Å². The topological polar surface area (TPSA) is 125 Å². The zero-order valence-corrected chi connectivity index (χ0v) is 16.8. The van der Waals surface area contributed by atoms with Gasteiger partial charge in [0, 0.05) is 13.5 Å². The molecule has 0 spiro atoms. The van der Waals surface area contributed by atoms with Gasteiger partial charge in [-0.1, -0.05) is 26.0 Å². The molecule has 2 atom stereocenters. The number of carboxylic acid groups (broad SMARTS) is 1. The van der Waals surface area contributed by atoms with Gasteiger partial charge < -0.3 is 25.4 Å². The van der Waals surface area contributed by atoms with Crippen molar-refractivity contribution >= 4 is 23.7 Å². The number of rotatable bonds is 2. The van der Waals surface area contributed by atoms with Crippen molar-refractivity contribution in [2.24, 2.45) is 5.92 Å². The SMILES string of the molecule is CC(C)[C@H]1COc2ccccc2C(=O)N[C@H](C(=O)O)CCC(=O)N(C)CC(=O)N1. The van der Waals surface area contributed by atoms with Crippen LogP contribution in [0.3, 0.4) is 0 Å². The van der Waals surface area contributed by atoms with Crippen LogP contribution in [0.4, 0.5) is 0 Å². The number of ether oxygens (including phenoxy) is 1. The number of carboxylic acids is 1. The number of aliphatic carboxylic acids is 1. The number of amides is 3. The number of likely N-dealkylation sites (N-methyl/N-ethyl adjacent to an activating group) is 1. The van der Waals surface area contributed by atoms with Crippen molar-refractivity contribution in [1.82, 2.24) is 15.5 Å². The number of hydrogen-bond acceptors (Lipinski definition) is 5. The normalized spacial score (nSPS) is 21.9. The van der Waals surface area contributed by atoms with Gasteiger partial charge in [0.1, 0.15) is 18.4 Å². The van der Waals surface area contributed by atoms with E-state index in [4.69, 9.17) is 4.74 Å². The Morgan fingerprint density at radius 3 is 2.55 bits per heavy atom. The predicted molar refractivity (Wildman–Crippen MR) is 104 cm³/mol. The Bertz CT molecular complexity index is 779. The lowest BCUT2D eigenvalue weighted by Crippen LogP contribution is -2.47. The quantitative estimate of drug-likeness (QED) is 0.663. The first-order valence-corrected chi connectivity index (χ1v) is 9.47. The van der Waals surface area contributed by atoms with E-state index < -0.39 is 17.9 Å². The van der Waals surface area contributed by atoms with Crippen molar-refractivity contribution in [2.75, 3.05) is 20.2 Å². The van der Waals surface area contributed by atoms with Gasteiger partial charge in [0.05, 0.1) is 18.2 Å². The van der Waals surface area contributed by atoms with Crippen LogP contribution in [0, 0.1) is 5.92 Å². The molecule has 0 radical (unpaired) electrons. The van der Waals surface area contributed by atoms with E-state index in [1.54, 1.807) is 18.2 Å². The second-order valence-corrected chi connectivity index (χ2v) is 7.38. The Morgan fingerprint density at radius 2 is 1.90 bits per heavy atom. The lowest BCUT2D eigenvalue weighted by atomic mass is 10.1. The maximum absolute atomic E-state index is 12.7. The molecule has 3 N–H and O–H groups in total. The van der Waals surface area contributed by atoms with Gasteiger partial charge in [-0.05, 0) is 24.5 Å². The third kappa shape index (κ3) is 6.20. The summed E-state index contributed by atoms with van der Waals surface area (Å²) in [4.78, 5) is 50.0. The molecule has 1 aliphatic heterocycles. The van der Waals surface area contributed by atoms with E-state index in [1.807, 2.05) is 13.8 Å². The van der Waals surface area contributed by atoms with Gasteiger partial charge in [0.15, 0.2) is 0 Å². The summed E-state index contributed by atoms with van der Waals surface area (Å²) in [6, 6.07) is 4.91. The summed E-state index contributed by atoms with van der Waals surface area (Å²) in [5.41, 5.74) is 0.186. The number of carbonyl (C=O) groups excluding carboxylic acids is 3. The van der Waals surface area contributed by atoms with E-state index in [1.165, 1.54) is 18.0 Å². The molecule has 9 nitrogen and oxygen atoms in total. The third-order valence-electron chi connectivity index (χ3n) is 4.76.